The Kier molecular flexibility index (Phi) is 9.80. The molecule has 7 nitrogen and oxygen atoms in total. The van der Waals surface area contributed by atoms with E-state index in [1.807, 2.05) is 34.6 Å². The van der Waals surface area contributed by atoms with Crippen LogP contribution < -0.4 is 9.62 Å². The topological polar surface area (TPSA) is 86.8 Å². The van der Waals surface area contributed by atoms with Crippen LogP contribution in [0.25, 0.3) is 0 Å². The number of carbonyl (C=O) groups excluding carboxylic acids is 2. The first kappa shape index (κ1) is 30.2. The van der Waals surface area contributed by atoms with Crippen LogP contribution in [-0.2, 0) is 26.2 Å². The van der Waals surface area contributed by atoms with Gasteiger partial charge < -0.3 is 10.2 Å². The van der Waals surface area contributed by atoms with E-state index in [2.05, 4.69) is 5.32 Å². The van der Waals surface area contributed by atoms with Gasteiger partial charge in [-0.3, -0.25) is 13.9 Å². The fourth-order valence-electron chi connectivity index (χ4n) is 4.12. The van der Waals surface area contributed by atoms with Crippen molar-refractivity contribution >= 4 is 39.1 Å². The van der Waals surface area contributed by atoms with Crippen molar-refractivity contribution in [3.05, 3.63) is 95.0 Å². The van der Waals surface area contributed by atoms with Gasteiger partial charge in [-0.15, -0.1) is 0 Å². The Morgan fingerprint density at radius 3 is 2.05 bits per heavy atom. The largest absolute Gasteiger partial charge is 0.350 e. The SMILES string of the molecule is CC[C@@H](C(=O)NC(C)(C)C)N(Cc1ccc(Cl)cc1)C(=O)CN(c1ccc(C)cc1)S(=O)(=O)c1ccccc1. The molecule has 3 rings (SSSR count). The Bertz CT molecular complexity index is 1370. The van der Waals surface area contributed by atoms with Crippen LogP contribution in [0.3, 0.4) is 0 Å². The summed E-state index contributed by atoms with van der Waals surface area (Å²) in [6, 6.07) is 21.1. The Morgan fingerprint density at radius 2 is 1.51 bits per heavy atom. The minimum absolute atomic E-state index is 0.0696. The minimum Gasteiger partial charge on any atom is -0.350 e. The van der Waals surface area contributed by atoms with E-state index in [1.54, 1.807) is 66.7 Å². The first-order valence-corrected chi connectivity index (χ1v) is 14.6. The van der Waals surface area contributed by atoms with Crippen molar-refractivity contribution in [2.24, 2.45) is 0 Å². The van der Waals surface area contributed by atoms with Gasteiger partial charge in [0.15, 0.2) is 0 Å². The number of sulfonamides is 1. The number of benzene rings is 3. The van der Waals surface area contributed by atoms with Crippen LogP contribution in [0.15, 0.2) is 83.8 Å². The number of carbonyl (C=O) groups is 2. The second kappa shape index (κ2) is 12.7. The summed E-state index contributed by atoms with van der Waals surface area (Å²) in [5.74, 6) is -0.805. The van der Waals surface area contributed by atoms with E-state index in [9.17, 15) is 18.0 Å². The Balaban J connectivity index is 2.05. The molecule has 2 amide bonds. The highest BCUT2D eigenvalue weighted by atomic mass is 35.5. The predicted octanol–water partition coefficient (Wildman–Crippen LogP) is 5.57. The first-order valence-electron chi connectivity index (χ1n) is 12.8. The third-order valence-electron chi connectivity index (χ3n) is 6.08. The van der Waals surface area contributed by atoms with E-state index < -0.39 is 34.1 Å². The van der Waals surface area contributed by atoms with Crippen LogP contribution in [0.2, 0.25) is 5.02 Å². The van der Waals surface area contributed by atoms with Gasteiger partial charge in [-0.2, -0.15) is 0 Å². The number of amides is 2. The third-order valence-corrected chi connectivity index (χ3v) is 8.12. The quantitative estimate of drug-likeness (QED) is 0.346. The molecule has 0 spiro atoms. The lowest BCUT2D eigenvalue weighted by molar-refractivity contribution is -0.141. The van der Waals surface area contributed by atoms with Gasteiger partial charge >= 0.3 is 0 Å². The molecule has 0 aromatic heterocycles. The van der Waals surface area contributed by atoms with Crippen molar-refractivity contribution in [2.75, 3.05) is 10.8 Å². The van der Waals surface area contributed by atoms with E-state index in [-0.39, 0.29) is 17.3 Å². The van der Waals surface area contributed by atoms with Gasteiger partial charge in [-0.1, -0.05) is 66.6 Å². The highest BCUT2D eigenvalue weighted by Crippen LogP contribution is 2.25. The summed E-state index contributed by atoms with van der Waals surface area (Å²) in [5.41, 5.74) is 1.57. The smallest absolute Gasteiger partial charge is 0.264 e. The van der Waals surface area contributed by atoms with Gasteiger partial charge in [0.2, 0.25) is 11.8 Å². The van der Waals surface area contributed by atoms with E-state index >= 15 is 0 Å². The summed E-state index contributed by atoms with van der Waals surface area (Å²) in [5, 5.41) is 3.51. The van der Waals surface area contributed by atoms with Crippen LogP contribution in [0.5, 0.6) is 0 Å². The van der Waals surface area contributed by atoms with Gasteiger partial charge in [-0.05, 0) is 76.1 Å². The zero-order valence-corrected chi connectivity index (χ0v) is 24.6. The molecule has 0 heterocycles. The lowest BCUT2D eigenvalue weighted by atomic mass is 10.1. The maximum absolute atomic E-state index is 14.0. The molecule has 0 saturated heterocycles. The van der Waals surface area contributed by atoms with Crippen LogP contribution >= 0.6 is 11.6 Å². The molecular formula is C30H36ClN3O4S. The average Bonchev–Trinajstić information content (AvgIpc) is 2.88. The van der Waals surface area contributed by atoms with Crippen LogP contribution in [-0.4, -0.2) is 43.3 Å². The summed E-state index contributed by atoms with van der Waals surface area (Å²) in [6.45, 7) is 8.97. The summed E-state index contributed by atoms with van der Waals surface area (Å²) >= 11 is 6.06. The lowest BCUT2D eigenvalue weighted by Crippen LogP contribution is -2.55. The number of hydrogen-bond donors (Lipinski definition) is 1. The first-order chi connectivity index (χ1) is 18.3. The molecule has 1 atom stereocenters. The fourth-order valence-corrected chi connectivity index (χ4v) is 5.68. The molecular weight excluding hydrogens is 534 g/mol. The fraction of sp³-hybridized carbons (Fsp3) is 0.333. The van der Waals surface area contributed by atoms with Crippen LogP contribution in [0, 0.1) is 6.92 Å². The number of aryl methyl sites for hydroxylation is 1. The zero-order chi connectivity index (χ0) is 28.8. The maximum atomic E-state index is 14.0. The van der Waals surface area contributed by atoms with Gasteiger partial charge in [0.25, 0.3) is 10.0 Å². The second-order valence-electron chi connectivity index (χ2n) is 10.5. The molecule has 0 saturated carbocycles. The molecule has 1 N–H and O–H groups in total. The molecule has 3 aromatic rings. The molecule has 0 aliphatic heterocycles. The second-order valence-corrected chi connectivity index (χ2v) is 12.8. The van der Waals surface area contributed by atoms with E-state index in [0.717, 1.165) is 15.4 Å². The molecule has 0 aliphatic carbocycles. The zero-order valence-electron chi connectivity index (χ0n) is 23.0. The number of rotatable bonds is 10. The van der Waals surface area contributed by atoms with Crippen molar-refractivity contribution in [3.63, 3.8) is 0 Å². The summed E-state index contributed by atoms with van der Waals surface area (Å²) in [7, 11) is -4.09. The Morgan fingerprint density at radius 1 is 0.923 bits per heavy atom. The number of halogens is 1. The standard InChI is InChI=1S/C30H36ClN3O4S/c1-6-27(29(36)32-30(3,4)5)33(20-23-14-16-24(31)17-15-23)28(35)21-34(25-18-12-22(2)13-19-25)39(37,38)26-10-8-7-9-11-26/h7-19,27H,6,20-21H2,1-5H3,(H,32,36)/t27-/m0/s1. The Hall–Kier alpha value is -3.36. The molecule has 0 radical (unpaired) electrons. The summed E-state index contributed by atoms with van der Waals surface area (Å²) in [4.78, 5) is 28.9. The number of hydrogen-bond acceptors (Lipinski definition) is 4. The molecule has 0 aliphatic rings. The van der Waals surface area contributed by atoms with Crippen molar-refractivity contribution in [3.8, 4) is 0 Å². The number of anilines is 1. The number of nitrogens with zero attached hydrogens (tertiary/aromatic N) is 2. The maximum Gasteiger partial charge on any atom is 0.264 e. The summed E-state index contributed by atoms with van der Waals surface area (Å²) in [6.07, 6.45) is 0.344. The van der Waals surface area contributed by atoms with Gasteiger partial charge in [-0.25, -0.2) is 8.42 Å². The van der Waals surface area contributed by atoms with Crippen molar-refractivity contribution < 1.29 is 18.0 Å². The molecule has 0 bridgehead atoms. The monoisotopic (exact) mass is 569 g/mol. The van der Waals surface area contributed by atoms with Crippen molar-refractivity contribution in [1.82, 2.24) is 10.2 Å². The van der Waals surface area contributed by atoms with Crippen molar-refractivity contribution in [1.29, 1.82) is 0 Å². The van der Waals surface area contributed by atoms with Crippen molar-refractivity contribution in [2.45, 2.75) is 64.1 Å². The molecule has 0 fully saturated rings. The molecule has 39 heavy (non-hydrogen) atoms. The van der Waals surface area contributed by atoms with Crippen LogP contribution in [0.1, 0.15) is 45.2 Å². The van der Waals surface area contributed by atoms with Gasteiger partial charge in [0.1, 0.15) is 12.6 Å². The predicted molar refractivity (Wildman–Crippen MR) is 156 cm³/mol. The summed E-state index contributed by atoms with van der Waals surface area (Å²) < 4.78 is 28.7. The molecule has 0 unspecified atom stereocenters. The van der Waals surface area contributed by atoms with E-state index in [4.69, 9.17) is 11.6 Å². The Labute approximate surface area is 236 Å². The van der Waals surface area contributed by atoms with E-state index in [0.29, 0.717) is 17.1 Å². The minimum atomic E-state index is -4.09. The number of nitrogens with one attached hydrogen (secondary N) is 1. The third kappa shape index (κ3) is 8.07. The normalized spacial score (nSPS) is 12.5. The van der Waals surface area contributed by atoms with Gasteiger partial charge in [0, 0.05) is 17.1 Å². The highest BCUT2D eigenvalue weighted by Gasteiger charge is 2.34. The van der Waals surface area contributed by atoms with Gasteiger partial charge in [0.05, 0.1) is 10.6 Å². The van der Waals surface area contributed by atoms with Crippen LogP contribution in [0.4, 0.5) is 5.69 Å². The average molecular weight is 570 g/mol. The van der Waals surface area contributed by atoms with E-state index in [1.165, 1.54) is 17.0 Å². The molecule has 9 heteroatoms. The molecule has 3 aromatic carbocycles. The highest BCUT2D eigenvalue weighted by molar-refractivity contribution is 7.92. The lowest BCUT2D eigenvalue weighted by Gasteiger charge is -2.34. The molecule has 208 valence electrons.